The van der Waals surface area contributed by atoms with Gasteiger partial charge in [-0.1, -0.05) is 44.2 Å². The summed E-state index contributed by atoms with van der Waals surface area (Å²) in [5, 5.41) is 0. The molecule has 1 saturated heterocycles. The lowest BCUT2D eigenvalue weighted by atomic mass is 9.45. The SMILES string of the molecule is CC1(C)[C@H]2C[C@@H]1C1OB([C@@H](N)Cc3ccccc3)O[C@@]1(C)C2. The normalized spacial score (nSPS) is 40.0. The van der Waals surface area contributed by atoms with Crippen LogP contribution >= 0.6 is 0 Å². The summed E-state index contributed by atoms with van der Waals surface area (Å²) in [6, 6.07) is 10.4. The average molecular weight is 299 g/mol. The number of hydrogen-bond acceptors (Lipinski definition) is 3. The van der Waals surface area contributed by atoms with E-state index in [1.165, 1.54) is 12.0 Å². The monoisotopic (exact) mass is 299 g/mol. The van der Waals surface area contributed by atoms with Gasteiger partial charge in [-0.3, -0.25) is 0 Å². The highest BCUT2D eigenvalue weighted by Crippen LogP contribution is 2.64. The zero-order valence-electron chi connectivity index (χ0n) is 13.8. The van der Waals surface area contributed by atoms with E-state index < -0.39 is 0 Å². The van der Waals surface area contributed by atoms with Crippen LogP contribution in [0.25, 0.3) is 0 Å². The van der Waals surface area contributed by atoms with Crippen LogP contribution in [0.3, 0.4) is 0 Å². The third-order valence-electron chi connectivity index (χ3n) is 6.50. The molecule has 1 heterocycles. The van der Waals surface area contributed by atoms with Crippen molar-refractivity contribution in [3.05, 3.63) is 35.9 Å². The highest BCUT2D eigenvalue weighted by Gasteiger charge is 2.67. The van der Waals surface area contributed by atoms with E-state index in [1.807, 2.05) is 6.07 Å². The summed E-state index contributed by atoms with van der Waals surface area (Å²) in [6.45, 7) is 6.99. The number of benzene rings is 1. The minimum Gasteiger partial charge on any atom is -0.404 e. The van der Waals surface area contributed by atoms with Gasteiger partial charge in [0.2, 0.25) is 0 Å². The van der Waals surface area contributed by atoms with E-state index in [1.54, 1.807) is 0 Å². The van der Waals surface area contributed by atoms with Crippen molar-refractivity contribution in [2.75, 3.05) is 0 Å². The summed E-state index contributed by atoms with van der Waals surface area (Å²) < 4.78 is 12.7. The molecular formula is C18H26BNO2. The zero-order valence-corrected chi connectivity index (χ0v) is 13.8. The Morgan fingerprint density at radius 1 is 1.27 bits per heavy atom. The zero-order chi connectivity index (χ0) is 15.5. The first-order valence-electron chi connectivity index (χ1n) is 8.53. The maximum Gasteiger partial charge on any atom is 0.475 e. The van der Waals surface area contributed by atoms with Crippen molar-refractivity contribution in [2.24, 2.45) is 23.0 Å². The van der Waals surface area contributed by atoms with Crippen LogP contribution in [0.2, 0.25) is 0 Å². The Hall–Kier alpha value is -0.835. The molecule has 3 aliphatic carbocycles. The quantitative estimate of drug-likeness (QED) is 0.873. The topological polar surface area (TPSA) is 44.5 Å². The van der Waals surface area contributed by atoms with Gasteiger partial charge in [-0.15, -0.1) is 0 Å². The first-order chi connectivity index (χ1) is 10.4. The van der Waals surface area contributed by atoms with Gasteiger partial charge in [0.25, 0.3) is 0 Å². The maximum atomic E-state index is 6.40. The molecule has 5 rings (SSSR count). The summed E-state index contributed by atoms with van der Waals surface area (Å²) in [6.07, 6.45) is 3.40. The smallest absolute Gasteiger partial charge is 0.404 e. The Morgan fingerprint density at radius 3 is 2.68 bits per heavy atom. The average Bonchev–Trinajstić information content (AvgIpc) is 2.85. The van der Waals surface area contributed by atoms with Crippen molar-refractivity contribution < 1.29 is 9.31 Å². The molecule has 4 heteroatoms. The van der Waals surface area contributed by atoms with Crippen molar-refractivity contribution in [1.82, 2.24) is 0 Å². The first kappa shape index (κ1) is 14.7. The Kier molecular flexibility index (Phi) is 3.23. The van der Waals surface area contributed by atoms with Gasteiger partial charge in [0.15, 0.2) is 0 Å². The van der Waals surface area contributed by atoms with E-state index in [4.69, 9.17) is 15.0 Å². The van der Waals surface area contributed by atoms with Crippen LogP contribution in [0.1, 0.15) is 39.2 Å². The molecule has 1 aromatic carbocycles. The molecule has 0 spiro atoms. The second-order valence-electron chi connectivity index (χ2n) is 8.27. The van der Waals surface area contributed by atoms with Crippen LogP contribution in [0.5, 0.6) is 0 Å². The van der Waals surface area contributed by atoms with Gasteiger partial charge in [-0.2, -0.15) is 0 Å². The van der Waals surface area contributed by atoms with Crippen LogP contribution in [0.15, 0.2) is 30.3 Å². The predicted octanol–water partition coefficient (Wildman–Crippen LogP) is 2.82. The largest absolute Gasteiger partial charge is 0.475 e. The molecule has 3 saturated carbocycles. The molecule has 0 amide bonds. The minimum atomic E-state index is -0.273. The molecule has 2 bridgehead atoms. The molecule has 1 aliphatic heterocycles. The van der Waals surface area contributed by atoms with Crippen molar-refractivity contribution in [1.29, 1.82) is 0 Å². The van der Waals surface area contributed by atoms with Gasteiger partial charge in [-0.25, -0.2) is 0 Å². The van der Waals surface area contributed by atoms with E-state index in [0.717, 1.165) is 18.8 Å². The Labute approximate surface area is 133 Å². The molecule has 0 radical (unpaired) electrons. The Balaban J connectivity index is 1.48. The molecular weight excluding hydrogens is 273 g/mol. The molecule has 4 fully saturated rings. The minimum absolute atomic E-state index is 0.106. The third-order valence-corrected chi connectivity index (χ3v) is 6.50. The van der Waals surface area contributed by atoms with Gasteiger partial charge in [0.05, 0.1) is 11.7 Å². The lowest BCUT2D eigenvalue weighted by Gasteiger charge is -2.63. The van der Waals surface area contributed by atoms with Crippen molar-refractivity contribution in [2.45, 2.75) is 57.7 Å². The van der Waals surface area contributed by atoms with Crippen molar-refractivity contribution in [3.63, 3.8) is 0 Å². The highest BCUT2D eigenvalue weighted by molar-refractivity contribution is 6.47. The van der Waals surface area contributed by atoms with Crippen LogP contribution in [0.4, 0.5) is 0 Å². The van der Waals surface area contributed by atoms with Crippen LogP contribution in [-0.2, 0) is 15.7 Å². The highest BCUT2D eigenvalue weighted by atomic mass is 16.7. The summed E-state index contributed by atoms with van der Waals surface area (Å²) >= 11 is 0. The second-order valence-corrected chi connectivity index (χ2v) is 8.27. The molecule has 4 aliphatic rings. The molecule has 2 N–H and O–H groups in total. The van der Waals surface area contributed by atoms with Crippen LogP contribution in [-0.4, -0.2) is 24.8 Å². The van der Waals surface area contributed by atoms with Gasteiger partial charge < -0.3 is 15.0 Å². The van der Waals surface area contributed by atoms with Crippen LogP contribution < -0.4 is 5.73 Å². The fourth-order valence-electron chi connectivity index (χ4n) is 4.91. The first-order valence-corrected chi connectivity index (χ1v) is 8.53. The van der Waals surface area contributed by atoms with Crippen LogP contribution in [0, 0.1) is 17.3 Å². The summed E-state index contributed by atoms with van der Waals surface area (Å²) in [4.78, 5) is 0. The molecule has 3 nitrogen and oxygen atoms in total. The van der Waals surface area contributed by atoms with Gasteiger partial charge in [-0.05, 0) is 49.0 Å². The lowest BCUT2D eigenvalue weighted by Crippen LogP contribution is -2.63. The van der Waals surface area contributed by atoms with Gasteiger partial charge >= 0.3 is 7.12 Å². The summed E-state index contributed by atoms with van der Waals surface area (Å²) in [7, 11) is -0.273. The van der Waals surface area contributed by atoms with Crippen molar-refractivity contribution in [3.8, 4) is 0 Å². The third kappa shape index (κ3) is 2.08. The number of rotatable bonds is 3. The fraction of sp³-hybridized carbons (Fsp3) is 0.667. The lowest BCUT2D eigenvalue weighted by molar-refractivity contribution is -0.185. The van der Waals surface area contributed by atoms with E-state index in [0.29, 0.717) is 11.3 Å². The Bertz CT molecular complexity index is 563. The van der Waals surface area contributed by atoms with Crippen molar-refractivity contribution >= 4 is 7.12 Å². The second kappa shape index (κ2) is 4.83. The molecule has 22 heavy (non-hydrogen) atoms. The molecule has 1 aromatic rings. The standard InChI is InChI=1S/C18H26BNO2/c1-17(2)13-10-14(17)16-18(3,11-13)22-19(21-16)15(20)9-12-7-5-4-6-8-12/h4-8,13-16H,9-11,20H2,1-3H3/t13-,14+,15-,16?,18-/m0/s1. The predicted molar refractivity (Wildman–Crippen MR) is 88.2 cm³/mol. The number of hydrogen-bond donors (Lipinski definition) is 1. The summed E-state index contributed by atoms with van der Waals surface area (Å²) in [5.41, 5.74) is 7.90. The van der Waals surface area contributed by atoms with Gasteiger partial charge in [0.1, 0.15) is 0 Å². The summed E-state index contributed by atoms with van der Waals surface area (Å²) in [5.74, 6) is 1.28. The Morgan fingerprint density at radius 2 is 2.00 bits per heavy atom. The van der Waals surface area contributed by atoms with E-state index in [-0.39, 0.29) is 24.8 Å². The van der Waals surface area contributed by atoms with E-state index in [2.05, 4.69) is 45.0 Å². The molecule has 5 atom stereocenters. The van der Waals surface area contributed by atoms with E-state index >= 15 is 0 Å². The molecule has 1 unspecified atom stereocenters. The molecule has 0 aromatic heterocycles. The van der Waals surface area contributed by atoms with E-state index in [9.17, 15) is 0 Å². The maximum absolute atomic E-state index is 6.40. The molecule has 118 valence electrons. The fourth-order valence-corrected chi connectivity index (χ4v) is 4.91. The number of nitrogens with two attached hydrogens (primary N) is 1. The van der Waals surface area contributed by atoms with Gasteiger partial charge in [0, 0.05) is 5.94 Å².